The number of carbonyl (C=O) groups excluding carboxylic acids is 1. The molecule has 0 bridgehead atoms. The minimum absolute atomic E-state index is 0.0484. The fourth-order valence-corrected chi connectivity index (χ4v) is 3.73. The summed E-state index contributed by atoms with van der Waals surface area (Å²) in [6.07, 6.45) is 1.12. The van der Waals surface area contributed by atoms with Crippen LogP contribution in [0.1, 0.15) is 72.7 Å². The van der Waals surface area contributed by atoms with Crippen LogP contribution in [0.5, 0.6) is 0 Å². The SMILES string of the molecule is Cc1cc(-c2ncnn3cc(C4CC4)cc23)ccc1CNC(=O)c1noc(C(C)(C)C)n1.O=C(O)C(F)(F)F. The summed E-state index contributed by atoms with van der Waals surface area (Å²) in [5.41, 5.74) is 6.06. The molecule has 0 saturated heterocycles. The number of carboxylic acids is 1. The molecule has 1 aromatic carbocycles. The van der Waals surface area contributed by atoms with Crippen molar-refractivity contribution in [1.29, 1.82) is 0 Å². The zero-order valence-corrected chi connectivity index (χ0v) is 21.7. The van der Waals surface area contributed by atoms with Gasteiger partial charge in [-0.15, -0.1) is 0 Å². The number of halogens is 3. The molecule has 1 saturated carbocycles. The lowest BCUT2D eigenvalue weighted by Gasteiger charge is -2.10. The quantitative estimate of drug-likeness (QED) is 0.365. The van der Waals surface area contributed by atoms with Crippen LogP contribution in [-0.4, -0.2) is 47.9 Å². The molecule has 2 N–H and O–H groups in total. The molecular weight excluding hydrogens is 517 g/mol. The van der Waals surface area contributed by atoms with Crippen LogP contribution in [-0.2, 0) is 16.8 Å². The van der Waals surface area contributed by atoms with Crippen molar-refractivity contribution in [2.45, 2.75) is 64.6 Å². The number of carboxylic acid groups (broad SMARTS) is 1. The average Bonchev–Trinajstić information content (AvgIpc) is 3.40. The van der Waals surface area contributed by atoms with Crippen LogP contribution < -0.4 is 5.32 Å². The van der Waals surface area contributed by atoms with Crippen LogP contribution >= 0.6 is 0 Å². The topological polar surface area (TPSA) is 136 Å². The van der Waals surface area contributed by atoms with Crippen LogP contribution in [0.25, 0.3) is 16.8 Å². The average molecular weight is 545 g/mol. The van der Waals surface area contributed by atoms with Gasteiger partial charge in [0.2, 0.25) is 5.89 Å². The van der Waals surface area contributed by atoms with E-state index in [1.54, 1.807) is 6.33 Å². The molecule has 1 amide bonds. The van der Waals surface area contributed by atoms with Gasteiger partial charge in [-0.1, -0.05) is 38.1 Å². The van der Waals surface area contributed by atoms with Gasteiger partial charge in [0, 0.05) is 23.7 Å². The normalized spacial score (nSPS) is 13.6. The number of aryl methyl sites for hydroxylation is 1. The van der Waals surface area contributed by atoms with Crippen molar-refractivity contribution in [3.63, 3.8) is 0 Å². The third-order valence-electron chi connectivity index (χ3n) is 6.04. The van der Waals surface area contributed by atoms with E-state index in [-0.39, 0.29) is 17.1 Å². The molecule has 0 unspecified atom stereocenters. The molecular formula is C26H27F3N6O4. The van der Waals surface area contributed by atoms with Crippen molar-refractivity contribution in [3.8, 4) is 11.3 Å². The Balaban J connectivity index is 0.000000448. The third-order valence-corrected chi connectivity index (χ3v) is 6.04. The van der Waals surface area contributed by atoms with Gasteiger partial charge in [0.15, 0.2) is 0 Å². The monoisotopic (exact) mass is 544 g/mol. The molecule has 0 aliphatic heterocycles. The minimum Gasteiger partial charge on any atom is -0.475 e. The zero-order chi connectivity index (χ0) is 28.5. The number of amides is 1. The molecule has 39 heavy (non-hydrogen) atoms. The van der Waals surface area contributed by atoms with E-state index in [1.165, 1.54) is 18.4 Å². The number of nitrogens with one attached hydrogen (secondary N) is 1. The summed E-state index contributed by atoms with van der Waals surface area (Å²) >= 11 is 0. The molecule has 0 atom stereocenters. The highest BCUT2D eigenvalue weighted by Gasteiger charge is 2.38. The van der Waals surface area contributed by atoms with Crippen molar-refractivity contribution in [1.82, 2.24) is 30.1 Å². The minimum atomic E-state index is -5.08. The summed E-state index contributed by atoms with van der Waals surface area (Å²) in [4.78, 5) is 30.1. The Morgan fingerprint density at radius 3 is 2.44 bits per heavy atom. The lowest BCUT2D eigenvalue weighted by atomic mass is 9.97. The van der Waals surface area contributed by atoms with Gasteiger partial charge >= 0.3 is 12.1 Å². The Morgan fingerprint density at radius 1 is 1.18 bits per heavy atom. The van der Waals surface area contributed by atoms with E-state index in [0.29, 0.717) is 18.4 Å². The summed E-state index contributed by atoms with van der Waals surface area (Å²) in [6.45, 7) is 8.28. The van der Waals surface area contributed by atoms with E-state index in [0.717, 1.165) is 27.9 Å². The fourth-order valence-electron chi connectivity index (χ4n) is 3.73. The van der Waals surface area contributed by atoms with Crippen LogP contribution in [0.15, 0.2) is 41.3 Å². The maximum atomic E-state index is 12.5. The maximum Gasteiger partial charge on any atom is 0.490 e. The molecule has 5 rings (SSSR count). The van der Waals surface area contributed by atoms with Gasteiger partial charge in [0.1, 0.15) is 6.33 Å². The molecule has 4 aromatic rings. The number of hydrogen-bond donors (Lipinski definition) is 2. The van der Waals surface area contributed by atoms with E-state index in [1.807, 2.05) is 44.3 Å². The molecule has 10 nitrogen and oxygen atoms in total. The first-order chi connectivity index (χ1) is 18.2. The Kier molecular flexibility index (Phi) is 7.44. The third kappa shape index (κ3) is 6.59. The van der Waals surface area contributed by atoms with Crippen LogP contribution in [0.3, 0.4) is 0 Å². The smallest absolute Gasteiger partial charge is 0.475 e. The first kappa shape index (κ1) is 27.7. The van der Waals surface area contributed by atoms with Gasteiger partial charge in [-0.3, -0.25) is 4.79 Å². The standard InChI is InChI=1S/C24H26N6O2.C2HF3O2/c1-14-9-16(20-19-10-18(15-5-6-15)12-30(19)27-13-26-20)7-8-17(14)11-25-22(31)21-28-23(32-29-21)24(2,3)4;3-2(4,5)1(6)7/h7-10,12-13,15H,5-6,11H2,1-4H3,(H,25,31);(H,6,7). The molecule has 13 heteroatoms. The van der Waals surface area contributed by atoms with Gasteiger partial charge in [-0.25, -0.2) is 14.3 Å². The highest BCUT2D eigenvalue weighted by atomic mass is 19.4. The highest BCUT2D eigenvalue weighted by molar-refractivity contribution is 5.90. The molecule has 206 valence electrons. The number of benzene rings is 1. The number of aliphatic carboxylic acids is 1. The van der Waals surface area contributed by atoms with Gasteiger partial charge in [-0.2, -0.15) is 23.3 Å². The predicted molar refractivity (Wildman–Crippen MR) is 133 cm³/mol. The lowest BCUT2D eigenvalue weighted by Crippen LogP contribution is -2.24. The van der Waals surface area contributed by atoms with Gasteiger partial charge in [-0.05, 0) is 54.5 Å². The summed E-state index contributed by atoms with van der Waals surface area (Å²) < 4.78 is 38.9. The Bertz CT molecular complexity index is 1520. The summed E-state index contributed by atoms with van der Waals surface area (Å²) in [6, 6.07) is 8.35. The lowest BCUT2D eigenvalue weighted by molar-refractivity contribution is -0.192. The summed E-state index contributed by atoms with van der Waals surface area (Å²) in [5.74, 6) is -1.96. The van der Waals surface area contributed by atoms with E-state index >= 15 is 0 Å². The number of nitrogens with zero attached hydrogens (tertiary/aromatic N) is 5. The summed E-state index contributed by atoms with van der Waals surface area (Å²) in [5, 5.41) is 18.2. The first-order valence-corrected chi connectivity index (χ1v) is 12.1. The second-order valence-electron chi connectivity index (χ2n) is 10.3. The molecule has 0 radical (unpaired) electrons. The largest absolute Gasteiger partial charge is 0.490 e. The van der Waals surface area contributed by atoms with Crippen molar-refractivity contribution in [3.05, 3.63) is 65.2 Å². The molecule has 1 aliphatic carbocycles. The van der Waals surface area contributed by atoms with E-state index in [2.05, 4.69) is 43.9 Å². The number of carbonyl (C=O) groups is 2. The maximum absolute atomic E-state index is 12.5. The Hall–Kier alpha value is -4.29. The van der Waals surface area contributed by atoms with Gasteiger partial charge in [0.05, 0.1) is 11.2 Å². The zero-order valence-electron chi connectivity index (χ0n) is 21.7. The van der Waals surface area contributed by atoms with Crippen molar-refractivity contribution < 1.29 is 32.4 Å². The van der Waals surface area contributed by atoms with Gasteiger partial charge < -0.3 is 14.9 Å². The van der Waals surface area contributed by atoms with E-state index < -0.39 is 12.1 Å². The van der Waals surface area contributed by atoms with Crippen LogP contribution in [0, 0.1) is 6.92 Å². The second-order valence-corrected chi connectivity index (χ2v) is 10.3. The number of hydrogen-bond acceptors (Lipinski definition) is 7. The number of aromatic nitrogens is 5. The molecule has 3 heterocycles. The van der Waals surface area contributed by atoms with Crippen molar-refractivity contribution >= 4 is 17.4 Å². The van der Waals surface area contributed by atoms with Crippen LogP contribution in [0.2, 0.25) is 0 Å². The van der Waals surface area contributed by atoms with Crippen LogP contribution in [0.4, 0.5) is 13.2 Å². The second kappa shape index (κ2) is 10.5. The van der Waals surface area contributed by atoms with Gasteiger partial charge in [0.25, 0.3) is 11.7 Å². The number of rotatable bonds is 5. The van der Waals surface area contributed by atoms with E-state index in [4.69, 9.17) is 14.4 Å². The van der Waals surface area contributed by atoms with Crippen molar-refractivity contribution in [2.24, 2.45) is 0 Å². The highest BCUT2D eigenvalue weighted by Crippen LogP contribution is 2.41. The predicted octanol–water partition coefficient (Wildman–Crippen LogP) is 4.83. The van der Waals surface area contributed by atoms with E-state index in [9.17, 15) is 18.0 Å². The molecule has 3 aromatic heterocycles. The molecule has 1 fully saturated rings. The van der Waals surface area contributed by atoms with Crippen molar-refractivity contribution in [2.75, 3.05) is 0 Å². The molecule has 0 spiro atoms. The first-order valence-electron chi connectivity index (χ1n) is 12.1. The fraction of sp³-hybridized carbons (Fsp3) is 0.385. The molecule has 1 aliphatic rings. The Morgan fingerprint density at radius 2 is 1.87 bits per heavy atom. The Labute approximate surface area is 221 Å². The number of fused-ring (bicyclic) bond motifs is 1. The summed E-state index contributed by atoms with van der Waals surface area (Å²) in [7, 11) is 0. The number of alkyl halides is 3.